The summed E-state index contributed by atoms with van der Waals surface area (Å²) in [6.45, 7) is 3.54. The monoisotopic (exact) mass is 1560 g/mol. The molecule has 0 bridgehead atoms. The number of urea groups is 2. The number of aliphatic carboxylic acids is 1. The topological polar surface area (TPSA) is 254 Å². The number of carboxylic acid groups (broad SMARTS) is 1. The maximum atomic E-state index is 13.8. The summed E-state index contributed by atoms with van der Waals surface area (Å²) in [7, 11) is 2.54. The maximum Gasteiger partial charge on any atom is 0.328 e. The van der Waals surface area contributed by atoms with Crippen LogP contribution >= 0.6 is 69.6 Å². The van der Waals surface area contributed by atoms with Crippen LogP contribution in [0.15, 0.2) is 194 Å². The van der Waals surface area contributed by atoms with E-state index in [1.807, 2.05) is 72.8 Å². The summed E-state index contributed by atoms with van der Waals surface area (Å²) in [6.07, 6.45) is 8.86. The zero-order valence-electron chi connectivity index (χ0n) is 57.1. The lowest BCUT2D eigenvalue weighted by Gasteiger charge is -2.27. The fraction of sp³-hybridized carbons (Fsp3) is 0.215. The Hall–Kier alpha value is -10.1. The highest BCUT2D eigenvalue weighted by Gasteiger charge is 2.29. The SMILES string of the molecule is COC(=O)[C@H](Cc1ccc(C2=CCN(C(=O)Nc3ccccc3F)CC2)cc1)NC(=O)c1c(Cl)cccc1Cl.COC(=O)[C@H](Cc1ccc(C2=CCNCC2)cc1)NC(=O)c1c(Cl)cccc1Cl.O=C(N[C@@H](Cc1ccc(C2=CCN(C(=O)Nc3ccccc3F)CC2)cc1)C(=O)O)c1c(Cl)cccc1Cl. The quantitative estimate of drug-likeness (QED) is 0.0352. The molecule has 7 N–H and O–H groups in total. The number of amides is 7. The van der Waals surface area contributed by atoms with Crippen molar-refractivity contribution in [2.24, 2.45) is 0 Å². The number of hydrogen-bond donors (Lipinski definition) is 7. The fourth-order valence-corrected chi connectivity index (χ4v) is 13.3. The number of esters is 2. The van der Waals surface area contributed by atoms with E-state index in [2.05, 4.69) is 38.0 Å². The molecule has 7 amide bonds. The minimum Gasteiger partial charge on any atom is -0.480 e. The number of rotatable bonds is 20. The van der Waals surface area contributed by atoms with Gasteiger partial charge in [0, 0.05) is 52.0 Å². The number of hydrogen-bond acceptors (Lipinski definition) is 11. The van der Waals surface area contributed by atoms with Crippen molar-refractivity contribution in [2.45, 2.75) is 56.7 Å². The summed E-state index contributed by atoms with van der Waals surface area (Å²) < 4.78 is 37.4. The van der Waals surface area contributed by atoms with Gasteiger partial charge in [-0.05, 0) is 137 Å². The van der Waals surface area contributed by atoms with E-state index in [-0.39, 0.29) is 83.1 Å². The van der Waals surface area contributed by atoms with Crippen LogP contribution in [-0.4, -0.2) is 134 Å². The molecular weight excluding hydrogens is 1490 g/mol. The minimum atomic E-state index is -1.19. The average Bonchev–Trinajstić information content (AvgIpc) is 0.853. The Morgan fingerprint density at radius 3 is 1.05 bits per heavy atom. The van der Waals surface area contributed by atoms with Gasteiger partial charge in [-0.3, -0.25) is 14.4 Å². The molecule has 0 radical (unpaired) electrons. The fourth-order valence-electron chi connectivity index (χ4n) is 11.6. The molecule has 0 saturated carbocycles. The molecular formula is C79H72Cl6F2N8O11. The predicted molar refractivity (Wildman–Crippen MR) is 410 cm³/mol. The van der Waals surface area contributed by atoms with Gasteiger partial charge in [0.1, 0.15) is 29.8 Å². The number of carbonyl (C=O) groups excluding carboxylic acids is 7. The van der Waals surface area contributed by atoms with Crippen molar-refractivity contribution in [1.82, 2.24) is 31.1 Å². The van der Waals surface area contributed by atoms with E-state index in [4.69, 9.17) is 79.1 Å². The summed E-state index contributed by atoms with van der Waals surface area (Å²) in [5.41, 5.74) is 9.47. The number of nitrogens with one attached hydrogen (secondary N) is 6. The molecule has 3 aliphatic rings. The van der Waals surface area contributed by atoms with Crippen LogP contribution in [0.3, 0.4) is 0 Å². The van der Waals surface area contributed by atoms with Gasteiger partial charge in [0.25, 0.3) is 17.7 Å². The Morgan fingerprint density at radius 1 is 0.434 bits per heavy atom. The number of ether oxygens (including phenoxy) is 2. The lowest BCUT2D eigenvalue weighted by Crippen LogP contribution is -2.43. The zero-order valence-corrected chi connectivity index (χ0v) is 61.7. The second-order valence-corrected chi connectivity index (χ2v) is 26.8. The van der Waals surface area contributed by atoms with Crippen molar-refractivity contribution in [2.75, 3.05) is 64.1 Å². The van der Waals surface area contributed by atoms with Crippen LogP contribution in [-0.2, 0) is 43.1 Å². The van der Waals surface area contributed by atoms with E-state index >= 15 is 0 Å². The molecule has 8 aromatic rings. The van der Waals surface area contributed by atoms with E-state index in [0.717, 1.165) is 58.5 Å². The van der Waals surface area contributed by atoms with Crippen LogP contribution in [0.5, 0.6) is 0 Å². The first-order valence-electron chi connectivity index (χ1n) is 33.3. The molecule has 19 nitrogen and oxygen atoms in total. The number of methoxy groups -OCH3 is 2. The van der Waals surface area contributed by atoms with Gasteiger partial charge in [-0.1, -0.05) is 203 Å². The van der Waals surface area contributed by atoms with Gasteiger partial charge >= 0.3 is 30.0 Å². The molecule has 0 fully saturated rings. The van der Waals surface area contributed by atoms with Gasteiger partial charge in [-0.2, -0.15) is 0 Å². The average molecular weight is 1560 g/mol. The summed E-state index contributed by atoms with van der Waals surface area (Å²) in [5, 5.41) is 27.1. The predicted octanol–water partition coefficient (Wildman–Crippen LogP) is 15.7. The van der Waals surface area contributed by atoms with Crippen molar-refractivity contribution in [3.8, 4) is 0 Å². The number of anilines is 2. The molecule has 3 heterocycles. The van der Waals surface area contributed by atoms with E-state index in [1.54, 1.807) is 88.7 Å². The second-order valence-electron chi connectivity index (χ2n) is 24.3. The van der Waals surface area contributed by atoms with Crippen LogP contribution in [0.4, 0.5) is 29.7 Å². The number of carboxylic acids is 1. The normalized spacial score (nSPS) is 14.0. The second kappa shape index (κ2) is 38.8. The number of carbonyl (C=O) groups is 8. The Bertz CT molecular complexity index is 4580. The van der Waals surface area contributed by atoms with Gasteiger partial charge in [-0.15, -0.1) is 0 Å². The van der Waals surface area contributed by atoms with Crippen LogP contribution in [0, 0.1) is 11.6 Å². The van der Waals surface area contributed by atoms with Gasteiger partial charge in [-0.25, -0.2) is 32.8 Å². The summed E-state index contributed by atoms with van der Waals surface area (Å²) in [6, 6.07) is 45.4. The molecule has 3 aliphatic heterocycles. The molecule has 27 heteroatoms. The van der Waals surface area contributed by atoms with Gasteiger partial charge in [0.2, 0.25) is 0 Å². The summed E-state index contributed by atoms with van der Waals surface area (Å²) in [5.74, 6) is -5.06. The van der Waals surface area contributed by atoms with Crippen LogP contribution < -0.4 is 31.9 Å². The number of nitrogens with zero attached hydrogens (tertiary/aromatic N) is 2. The van der Waals surface area contributed by atoms with E-state index < -0.39 is 65.4 Å². The lowest BCUT2D eigenvalue weighted by molar-refractivity contribution is -0.143. The van der Waals surface area contributed by atoms with Crippen LogP contribution in [0.2, 0.25) is 30.1 Å². The third-order valence-corrected chi connectivity index (χ3v) is 19.2. The molecule has 11 rings (SSSR count). The van der Waals surface area contributed by atoms with Gasteiger partial charge < -0.3 is 56.3 Å². The van der Waals surface area contributed by atoms with Crippen LogP contribution in [0.1, 0.15) is 83.7 Å². The molecule has 550 valence electrons. The third-order valence-electron chi connectivity index (χ3n) is 17.3. The van der Waals surface area contributed by atoms with E-state index in [0.29, 0.717) is 51.0 Å². The molecule has 0 aromatic heterocycles. The number of para-hydroxylation sites is 2. The highest BCUT2D eigenvalue weighted by molar-refractivity contribution is 6.41. The molecule has 0 spiro atoms. The maximum absolute atomic E-state index is 13.8. The van der Waals surface area contributed by atoms with Crippen molar-refractivity contribution in [3.63, 3.8) is 0 Å². The van der Waals surface area contributed by atoms with Crippen molar-refractivity contribution in [3.05, 3.63) is 286 Å². The summed E-state index contributed by atoms with van der Waals surface area (Å²) >= 11 is 36.6. The first kappa shape index (κ1) is 80.0. The third kappa shape index (κ3) is 22.0. The van der Waals surface area contributed by atoms with Crippen molar-refractivity contribution in [1.29, 1.82) is 0 Å². The van der Waals surface area contributed by atoms with Crippen LogP contribution in [0.25, 0.3) is 16.7 Å². The lowest BCUT2D eigenvalue weighted by atomic mass is 9.97. The number of halogens is 8. The highest BCUT2D eigenvalue weighted by atomic mass is 35.5. The van der Waals surface area contributed by atoms with Crippen molar-refractivity contribution < 1.29 is 61.7 Å². The highest BCUT2D eigenvalue weighted by Crippen LogP contribution is 2.31. The molecule has 0 saturated heterocycles. The Labute approximate surface area is 640 Å². The smallest absolute Gasteiger partial charge is 0.328 e. The largest absolute Gasteiger partial charge is 0.480 e. The van der Waals surface area contributed by atoms with E-state index in [9.17, 15) is 52.2 Å². The zero-order chi connectivity index (χ0) is 76.0. The molecule has 0 aliphatic carbocycles. The van der Waals surface area contributed by atoms with Crippen molar-refractivity contribution >= 4 is 145 Å². The minimum absolute atomic E-state index is 0.0262. The Kier molecular flexibility index (Phi) is 29.3. The first-order valence-corrected chi connectivity index (χ1v) is 35.5. The summed E-state index contributed by atoms with van der Waals surface area (Å²) in [4.78, 5) is 103. The standard InChI is InChI=1S/C29H26Cl2FN3O4.C28H24Cl2FN3O4.C22H22Cl2N2O3/c1-39-28(37)25(33-27(36)26-21(30)5-4-6-22(26)31)17-18-9-11-19(12-10-18)20-13-15-35(16-14-20)29(38)34-24-8-3-2-7-23(24)32;29-20-4-3-5-21(30)25(20)26(35)32-24(27(36)37)16-17-8-10-18(11-9-17)19-12-14-34(15-13-19)28(38)33-23-7-2-1-6-22(23)31;1-29-22(28)19(26-21(27)20-17(23)3-2-4-18(20)24)13-14-5-7-15(8-6-14)16-9-11-25-12-10-16/h2-13,25H,14-17H2,1H3,(H,33,36)(H,34,38);1-12,24H,13-16H2,(H,32,35)(H,33,38)(H,36,37);2-9,19,25H,10-13H2,1H3,(H,26,27)/t25-;24-;19-/m000/s1. The van der Waals surface area contributed by atoms with Gasteiger partial charge in [0.15, 0.2) is 0 Å². The molecule has 106 heavy (non-hydrogen) atoms. The molecule has 0 unspecified atom stereocenters. The Balaban J connectivity index is 0.000000186. The van der Waals surface area contributed by atoms with Gasteiger partial charge in [0.05, 0.1) is 72.4 Å². The Morgan fingerprint density at radius 2 is 0.755 bits per heavy atom. The first-order chi connectivity index (χ1) is 51.0. The number of benzene rings is 8. The molecule has 3 atom stereocenters. The van der Waals surface area contributed by atoms with E-state index in [1.165, 1.54) is 56.2 Å². The molecule has 8 aromatic carbocycles.